The van der Waals surface area contributed by atoms with Crippen LogP contribution in [0.15, 0.2) is 12.2 Å². The Morgan fingerprint density at radius 1 is 0.780 bits per heavy atom. The molecule has 41 heavy (non-hydrogen) atoms. The molecule has 0 radical (unpaired) electrons. The van der Waals surface area contributed by atoms with E-state index in [4.69, 9.17) is 9.47 Å². The molecule has 0 aromatic heterocycles. The third kappa shape index (κ3) is 24.0. The van der Waals surface area contributed by atoms with Gasteiger partial charge < -0.3 is 34.1 Å². The molecule has 1 unspecified atom stereocenters. The minimum atomic E-state index is -5.36. The third-order valence-electron chi connectivity index (χ3n) is 6.36. The number of hydrogen-bond acceptors (Lipinski definition) is 11. The van der Waals surface area contributed by atoms with E-state index in [1.54, 1.807) is 0 Å². The summed E-state index contributed by atoms with van der Waals surface area (Å²) < 4.78 is 42.6. The fourth-order valence-corrected chi connectivity index (χ4v) is 4.24. The summed E-state index contributed by atoms with van der Waals surface area (Å²) >= 11 is 0. The van der Waals surface area contributed by atoms with Crippen molar-refractivity contribution in [1.29, 1.82) is 0 Å². The van der Waals surface area contributed by atoms with E-state index >= 15 is 0 Å². The van der Waals surface area contributed by atoms with Crippen LogP contribution in [0.25, 0.3) is 0 Å². The predicted molar refractivity (Wildman–Crippen MR) is 141 cm³/mol. The molecule has 0 rings (SSSR count). The van der Waals surface area contributed by atoms with E-state index < -0.39 is 71.5 Å². The largest absolute Gasteiger partial charge is 1.00 e. The fraction of sp³-hybridized carbons (Fsp3) is 0.815. The van der Waals surface area contributed by atoms with Crippen LogP contribution in [-0.4, -0.2) is 72.8 Å². The number of hydrogen-bond donors (Lipinski definition) is 2. The summed E-state index contributed by atoms with van der Waals surface area (Å²) in [6.45, 7) is -0.461. The van der Waals surface area contributed by atoms with Crippen LogP contribution in [0, 0.1) is 5.41 Å². The van der Waals surface area contributed by atoms with Crippen LogP contribution in [0.2, 0.25) is 0 Å². The van der Waals surface area contributed by atoms with E-state index in [9.17, 15) is 42.7 Å². The summed E-state index contributed by atoms with van der Waals surface area (Å²) in [6, 6.07) is 0. The van der Waals surface area contributed by atoms with Crippen LogP contribution in [-0.2, 0) is 34.0 Å². The standard InChI is InChI=1S/C27H48O11S.2Na/c1-2-3-4-5-6-7-8-9-10-11-12-13-14-15-16-17-24(30)37-21-27(19-28,20-29)22-38-25(31)18-23(26(32)33)39(34,35)36;;/h9-10,23,28-29H,2-8,11-22H2,1H3,(H,32,33)(H,34,35,36);;/q;2*+1/p-2. The van der Waals surface area contributed by atoms with Crippen molar-refractivity contribution < 1.29 is 111 Å². The molecule has 14 heteroatoms. The number of allylic oxidation sites excluding steroid dienone is 2. The number of aliphatic carboxylic acids is 1. The fourth-order valence-electron chi connectivity index (χ4n) is 3.67. The van der Waals surface area contributed by atoms with Gasteiger partial charge in [0.1, 0.15) is 23.3 Å². The summed E-state index contributed by atoms with van der Waals surface area (Å²) in [6.07, 6.45) is 17.9. The molecule has 0 amide bonds. The Kier molecular flexibility index (Phi) is 30.5. The van der Waals surface area contributed by atoms with Crippen LogP contribution >= 0.6 is 0 Å². The van der Waals surface area contributed by atoms with Crippen LogP contribution in [0.4, 0.5) is 0 Å². The molecule has 0 saturated carbocycles. The minimum absolute atomic E-state index is 0. The monoisotopic (exact) mass is 624 g/mol. The summed E-state index contributed by atoms with van der Waals surface area (Å²) in [4.78, 5) is 34.6. The molecule has 0 fully saturated rings. The van der Waals surface area contributed by atoms with Crippen molar-refractivity contribution in [2.75, 3.05) is 26.4 Å². The number of rotatable bonds is 25. The van der Waals surface area contributed by atoms with Crippen molar-refractivity contribution in [3.63, 3.8) is 0 Å². The summed E-state index contributed by atoms with van der Waals surface area (Å²) in [5, 5.41) is 27.4. The summed E-state index contributed by atoms with van der Waals surface area (Å²) in [5.74, 6) is -4.17. The van der Waals surface area contributed by atoms with Crippen molar-refractivity contribution in [2.24, 2.45) is 5.41 Å². The number of carbonyl (C=O) groups excluding carboxylic acids is 3. The number of aliphatic hydroxyl groups is 2. The van der Waals surface area contributed by atoms with Gasteiger partial charge in [-0.3, -0.25) is 9.59 Å². The Morgan fingerprint density at radius 3 is 1.66 bits per heavy atom. The summed E-state index contributed by atoms with van der Waals surface area (Å²) in [7, 11) is -5.36. The van der Waals surface area contributed by atoms with Gasteiger partial charge in [-0.15, -0.1) is 0 Å². The average Bonchev–Trinajstić information content (AvgIpc) is 2.89. The van der Waals surface area contributed by atoms with Crippen LogP contribution in [0.3, 0.4) is 0 Å². The van der Waals surface area contributed by atoms with Gasteiger partial charge in [-0.05, 0) is 32.1 Å². The molecule has 0 aliphatic rings. The third-order valence-corrected chi connectivity index (χ3v) is 7.41. The Bertz CT molecular complexity index is 831. The topological polar surface area (TPSA) is 190 Å². The minimum Gasteiger partial charge on any atom is -0.747 e. The number of esters is 2. The smallest absolute Gasteiger partial charge is 0.747 e. The van der Waals surface area contributed by atoms with Gasteiger partial charge in [0.05, 0.1) is 36.3 Å². The molecule has 2 N–H and O–H groups in total. The molecular weight excluding hydrogens is 578 g/mol. The van der Waals surface area contributed by atoms with Gasteiger partial charge in [0.2, 0.25) is 0 Å². The van der Waals surface area contributed by atoms with Crippen molar-refractivity contribution in [2.45, 2.75) is 108 Å². The molecule has 0 bridgehead atoms. The number of unbranched alkanes of at least 4 members (excludes halogenated alkanes) is 11. The zero-order chi connectivity index (χ0) is 29.6. The first-order chi connectivity index (χ1) is 18.5. The Hall–Kier alpha value is -0.0200. The Balaban J connectivity index is -0.00000722. The molecule has 11 nitrogen and oxygen atoms in total. The number of carboxylic acids is 1. The molecule has 0 aromatic carbocycles. The average molecular weight is 625 g/mol. The van der Waals surface area contributed by atoms with Crippen LogP contribution in [0.5, 0.6) is 0 Å². The van der Waals surface area contributed by atoms with Crippen molar-refractivity contribution in [3.05, 3.63) is 12.2 Å². The first-order valence-corrected chi connectivity index (χ1v) is 15.3. The number of carboxylic acid groups (broad SMARTS) is 1. The number of carbonyl (C=O) groups is 3. The van der Waals surface area contributed by atoms with E-state index in [1.807, 2.05) is 0 Å². The second kappa shape index (κ2) is 27.5. The van der Waals surface area contributed by atoms with Gasteiger partial charge in [0.25, 0.3) is 0 Å². The first kappa shape index (κ1) is 45.4. The molecule has 0 spiro atoms. The van der Waals surface area contributed by atoms with Crippen molar-refractivity contribution >= 4 is 28.0 Å². The number of aliphatic hydroxyl groups excluding tert-OH is 2. The molecule has 0 heterocycles. The van der Waals surface area contributed by atoms with Gasteiger partial charge in [0, 0.05) is 6.42 Å². The normalized spacial score (nSPS) is 12.3. The van der Waals surface area contributed by atoms with Gasteiger partial charge in [-0.1, -0.05) is 70.4 Å². The van der Waals surface area contributed by atoms with E-state index in [2.05, 4.69) is 19.1 Å². The van der Waals surface area contributed by atoms with Crippen molar-refractivity contribution in [1.82, 2.24) is 0 Å². The van der Waals surface area contributed by atoms with Crippen LogP contribution in [0.1, 0.15) is 103 Å². The second-order valence-electron chi connectivity index (χ2n) is 9.98. The maximum atomic E-state index is 12.0. The molecule has 0 saturated heterocycles. The SMILES string of the molecule is CCCCCCCCC=CCCCCCCCC(=O)OCC(CO)(CO)COC(=O)CC(C(=O)[O-])S(=O)(=O)[O-].[Na+].[Na+]. The van der Waals surface area contributed by atoms with E-state index in [0.29, 0.717) is 6.42 Å². The Morgan fingerprint density at radius 2 is 1.22 bits per heavy atom. The molecule has 0 aromatic rings. The maximum Gasteiger partial charge on any atom is 1.00 e. The van der Waals surface area contributed by atoms with Gasteiger partial charge >= 0.3 is 71.1 Å². The van der Waals surface area contributed by atoms with E-state index in [-0.39, 0.29) is 65.5 Å². The summed E-state index contributed by atoms with van der Waals surface area (Å²) in [5.41, 5.74) is -1.58. The molecule has 0 aliphatic carbocycles. The van der Waals surface area contributed by atoms with Crippen LogP contribution < -0.4 is 64.2 Å². The predicted octanol–water partition coefficient (Wildman–Crippen LogP) is -3.86. The maximum absolute atomic E-state index is 12.0. The Labute approximate surface area is 289 Å². The van der Waals surface area contributed by atoms with Gasteiger partial charge in [-0.2, -0.15) is 0 Å². The van der Waals surface area contributed by atoms with Gasteiger partial charge in [0.15, 0.2) is 0 Å². The molecule has 1 atom stereocenters. The molecule has 228 valence electrons. The second-order valence-corrected chi connectivity index (χ2v) is 11.5. The van der Waals surface area contributed by atoms with Gasteiger partial charge in [-0.25, -0.2) is 8.42 Å². The van der Waals surface area contributed by atoms with E-state index in [0.717, 1.165) is 38.5 Å². The molecule has 0 aliphatic heterocycles. The van der Waals surface area contributed by atoms with Crippen molar-refractivity contribution in [3.8, 4) is 0 Å². The zero-order valence-corrected chi connectivity index (χ0v) is 30.0. The first-order valence-electron chi connectivity index (χ1n) is 13.8. The quantitative estimate of drug-likeness (QED) is 0.0332. The zero-order valence-electron chi connectivity index (χ0n) is 25.1. The molecular formula is C27H46Na2O11S. The number of ether oxygens (including phenoxy) is 2. The van der Waals surface area contributed by atoms with E-state index in [1.165, 1.54) is 38.5 Å².